The number of aryl methyl sites for hydroxylation is 2. The van der Waals surface area contributed by atoms with Crippen molar-refractivity contribution in [1.82, 2.24) is 10.2 Å². The molecule has 0 aliphatic heterocycles. The summed E-state index contributed by atoms with van der Waals surface area (Å²) in [4.78, 5) is 43.0. The summed E-state index contributed by atoms with van der Waals surface area (Å²) in [6, 6.07) is 11.7. The largest absolute Gasteiger partial charge is 0.444 e. The second-order valence-electron chi connectivity index (χ2n) is 11.3. The van der Waals surface area contributed by atoms with E-state index in [-0.39, 0.29) is 17.9 Å². The van der Waals surface area contributed by atoms with Crippen LogP contribution in [0.1, 0.15) is 74.8 Å². The lowest BCUT2D eigenvalue weighted by Gasteiger charge is -2.44. The molecule has 1 fully saturated rings. The van der Waals surface area contributed by atoms with Crippen LogP contribution in [0.2, 0.25) is 0 Å². The zero-order valence-electron chi connectivity index (χ0n) is 24.3. The molecule has 8 heteroatoms. The molecule has 0 radical (unpaired) electrons. The number of alkyl carbamates (subject to hydrolysis) is 1. The van der Waals surface area contributed by atoms with E-state index in [9.17, 15) is 14.4 Å². The highest BCUT2D eigenvalue weighted by Crippen LogP contribution is 2.36. The highest BCUT2D eigenvalue weighted by molar-refractivity contribution is 7.98. The lowest BCUT2D eigenvalue weighted by Crippen LogP contribution is -2.57. The maximum absolute atomic E-state index is 14.4. The molecule has 0 spiro atoms. The minimum absolute atomic E-state index is 0.0951. The predicted molar refractivity (Wildman–Crippen MR) is 159 cm³/mol. The number of para-hydroxylation sites is 1. The third kappa shape index (κ3) is 8.01. The SMILES string of the molecule is CSCCC(NC(=O)OC(C)(C)C)C(=O)N(C1CCC1)C(C(=O)Nc1ccccc1C)c1cccc(C)c1C. The number of anilines is 1. The molecule has 2 aromatic rings. The number of rotatable bonds is 10. The van der Waals surface area contributed by atoms with E-state index >= 15 is 0 Å². The van der Waals surface area contributed by atoms with Crippen LogP contribution in [0, 0.1) is 20.8 Å². The van der Waals surface area contributed by atoms with Crippen LogP contribution in [0.4, 0.5) is 10.5 Å². The van der Waals surface area contributed by atoms with Crippen LogP contribution in [0.25, 0.3) is 0 Å². The van der Waals surface area contributed by atoms with Gasteiger partial charge < -0.3 is 20.3 Å². The number of hydrogen-bond donors (Lipinski definition) is 2. The number of ether oxygens (including phenoxy) is 1. The normalized spacial score (nSPS) is 15.1. The molecule has 2 unspecified atom stereocenters. The Kier molecular flexibility index (Phi) is 10.5. The number of benzene rings is 2. The van der Waals surface area contributed by atoms with Gasteiger partial charge in [-0.3, -0.25) is 9.59 Å². The zero-order chi connectivity index (χ0) is 28.7. The molecule has 3 rings (SSSR count). The fourth-order valence-corrected chi connectivity index (χ4v) is 5.18. The fraction of sp³-hybridized carbons (Fsp3) is 0.516. The zero-order valence-corrected chi connectivity index (χ0v) is 25.1. The van der Waals surface area contributed by atoms with E-state index in [0.29, 0.717) is 17.9 Å². The highest BCUT2D eigenvalue weighted by Gasteiger charge is 2.42. The van der Waals surface area contributed by atoms with Gasteiger partial charge in [0.1, 0.15) is 17.7 Å². The van der Waals surface area contributed by atoms with Gasteiger partial charge in [0, 0.05) is 11.7 Å². The monoisotopic (exact) mass is 553 g/mol. The molecule has 1 saturated carbocycles. The third-order valence-electron chi connectivity index (χ3n) is 7.19. The maximum atomic E-state index is 14.4. The van der Waals surface area contributed by atoms with Crippen molar-refractivity contribution in [2.45, 2.75) is 91.0 Å². The molecule has 1 aliphatic carbocycles. The summed E-state index contributed by atoms with van der Waals surface area (Å²) in [6.45, 7) is 11.3. The first-order valence-corrected chi connectivity index (χ1v) is 15.1. The van der Waals surface area contributed by atoms with Crippen molar-refractivity contribution in [1.29, 1.82) is 0 Å². The van der Waals surface area contributed by atoms with Gasteiger partial charge in [0.15, 0.2) is 0 Å². The van der Waals surface area contributed by atoms with Crippen molar-refractivity contribution in [3.63, 3.8) is 0 Å². The fourth-order valence-electron chi connectivity index (χ4n) is 4.71. The molecule has 2 atom stereocenters. The standard InChI is InChI=1S/C31H43N3O4S/c1-20-13-10-16-24(22(20)3)27(28(35)32-25-17-9-8-12-21(25)2)34(23-14-11-15-23)29(36)26(18-19-39-7)33-30(37)38-31(4,5)6/h8-10,12-13,16-17,23,26-27H,11,14-15,18-19H2,1-7H3,(H,32,35)(H,33,37). The minimum atomic E-state index is -0.848. The summed E-state index contributed by atoms with van der Waals surface area (Å²) < 4.78 is 5.49. The van der Waals surface area contributed by atoms with E-state index in [1.165, 1.54) is 0 Å². The Hall–Kier alpha value is -3.00. The molecule has 39 heavy (non-hydrogen) atoms. The summed E-state index contributed by atoms with van der Waals surface area (Å²) in [5.41, 5.74) is 3.77. The second kappa shape index (κ2) is 13.4. The number of nitrogens with zero attached hydrogens (tertiary/aromatic N) is 1. The summed E-state index contributed by atoms with van der Waals surface area (Å²) in [5.74, 6) is 0.151. The molecule has 2 aromatic carbocycles. The minimum Gasteiger partial charge on any atom is -0.444 e. The van der Waals surface area contributed by atoms with Crippen molar-refractivity contribution in [3.05, 3.63) is 64.7 Å². The Morgan fingerprint density at radius 3 is 2.28 bits per heavy atom. The molecule has 1 aliphatic rings. The van der Waals surface area contributed by atoms with Gasteiger partial charge in [-0.05, 0) is 108 Å². The van der Waals surface area contributed by atoms with Gasteiger partial charge in [0.25, 0.3) is 5.91 Å². The van der Waals surface area contributed by atoms with Crippen molar-refractivity contribution in [3.8, 4) is 0 Å². The second-order valence-corrected chi connectivity index (χ2v) is 12.3. The van der Waals surface area contributed by atoms with Crippen LogP contribution in [-0.4, -0.2) is 52.5 Å². The van der Waals surface area contributed by atoms with Crippen molar-refractivity contribution in [2.75, 3.05) is 17.3 Å². The van der Waals surface area contributed by atoms with Gasteiger partial charge in [-0.15, -0.1) is 0 Å². The van der Waals surface area contributed by atoms with E-state index in [2.05, 4.69) is 10.6 Å². The molecular formula is C31H43N3O4S. The summed E-state index contributed by atoms with van der Waals surface area (Å²) in [7, 11) is 0. The summed E-state index contributed by atoms with van der Waals surface area (Å²) >= 11 is 1.60. The first-order valence-electron chi connectivity index (χ1n) is 13.7. The average molecular weight is 554 g/mol. The molecule has 7 nitrogen and oxygen atoms in total. The Morgan fingerprint density at radius 1 is 1.03 bits per heavy atom. The molecule has 212 valence electrons. The van der Waals surface area contributed by atoms with Gasteiger partial charge in [-0.2, -0.15) is 11.8 Å². The Labute approximate surface area is 237 Å². The van der Waals surface area contributed by atoms with Crippen molar-refractivity contribution >= 4 is 35.4 Å². The van der Waals surface area contributed by atoms with Crippen LogP contribution < -0.4 is 10.6 Å². The molecule has 0 saturated heterocycles. The number of hydrogen-bond acceptors (Lipinski definition) is 5. The van der Waals surface area contributed by atoms with E-state index in [1.807, 2.05) is 69.5 Å². The van der Waals surface area contributed by atoms with Gasteiger partial charge in [-0.25, -0.2) is 4.79 Å². The van der Waals surface area contributed by atoms with E-state index in [0.717, 1.165) is 41.5 Å². The van der Waals surface area contributed by atoms with E-state index in [4.69, 9.17) is 4.74 Å². The quantitative estimate of drug-likeness (QED) is 0.360. The van der Waals surface area contributed by atoms with Crippen LogP contribution in [-0.2, 0) is 14.3 Å². The number of thioether (sulfide) groups is 1. The molecule has 2 N–H and O–H groups in total. The number of nitrogens with one attached hydrogen (secondary N) is 2. The van der Waals surface area contributed by atoms with Crippen LogP contribution in [0.5, 0.6) is 0 Å². The number of amides is 3. The average Bonchev–Trinajstić information content (AvgIpc) is 2.82. The number of carbonyl (C=O) groups excluding carboxylic acids is 3. The lowest BCUT2D eigenvalue weighted by atomic mass is 9.86. The maximum Gasteiger partial charge on any atom is 0.408 e. The summed E-state index contributed by atoms with van der Waals surface area (Å²) in [5, 5.41) is 5.92. The third-order valence-corrected chi connectivity index (χ3v) is 7.84. The molecular weight excluding hydrogens is 510 g/mol. The lowest BCUT2D eigenvalue weighted by molar-refractivity contribution is -0.145. The molecule has 3 amide bonds. The smallest absolute Gasteiger partial charge is 0.408 e. The van der Waals surface area contributed by atoms with Crippen molar-refractivity contribution in [2.24, 2.45) is 0 Å². The Balaban J connectivity index is 2.06. The van der Waals surface area contributed by atoms with Crippen molar-refractivity contribution < 1.29 is 19.1 Å². The topological polar surface area (TPSA) is 87.7 Å². The molecule has 0 bridgehead atoms. The van der Waals surface area contributed by atoms with Gasteiger partial charge in [-0.1, -0.05) is 36.4 Å². The Morgan fingerprint density at radius 2 is 1.69 bits per heavy atom. The molecule has 0 heterocycles. The summed E-state index contributed by atoms with van der Waals surface area (Å²) in [6.07, 6.45) is 4.37. The van der Waals surface area contributed by atoms with Gasteiger partial charge >= 0.3 is 6.09 Å². The van der Waals surface area contributed by atoms with Crippen LogP contribution >= 0.6 is 11.8 Å². The first kappa shape index (κ1) is 30.5. The van der Waals surface area contributed by atoms with Gasteiger partial charge in [0.2, 0.25) is 5.91 Å². The van der Waals surface area contributed by atoms with E-state index in [1.54, 1.807) is 37.4 Å². The predicted octanol–water partition coefficient (Wildman–Crippen LogP) is 6.32. The first-order chi connectivity index (χ1) is 18.4. The van der Waals surface area contributed by atoms with Crippen LogP contribution in [0.15, 0.2) is 42.5 Å². The number of carbonyl (C=O) groups is 3. The van der Waals surface area contributed by atoms with Gasteiger partial charge in [0.05, 0.1) is 0 Å². The molecule has 0 aromatic heterocycles. The highest BCUT2D eigenvalue weighted by atomic mass is 32.2. The van der Waals surface area contributed by atoms with Crippen LogP contribution in [0.3, 0.4) is 0 Å². The Bertz CT molecular complexity index is 1170. The van der Waals surface area contributed by atoms with E-state index < -0.39 is 23.8 Å².